The molecule has 9 nitrogen and oxygen atoms in total. The Morgan fingerprint density at radius 1 is 1.10 bits per heavy atom. The van der Waals surface area contributed by atoms with E-state index < -0.39 is 5.97 Å². The predicted octanol–water partition coefficient (Wildman–Crippen LogP) is 2.43. The van der Waals surface area contributed by atoms with Gasteiger partial charge < -0.3 is 14.7 Å². The Morgan fingerprint density at radius 3 is 2.70 bits per heavy atom. The lowest BCUT2D eigenvalue weighted by molar-refractivity contribution is 0.0689. The molecule has 0 bridgehead atoms. The van der Waals surface area contributed by atoms with E-state index in [1.165, 1.54) is 4.52 Å². The first kappa shape index (κ1) is 18.3. The number of fused-ring (bicyclic) bond motifs is 1. The summed E-state index contributed by atoms with van der Waals surface area (Å²) in [5.74, 6) is -0.489. The Balaban J connectivity index is 1.59. The lowest BCUT2D eigenvalue weighted by atomic mass is 10.1. The van der Waals surface area contributed by atoms with E-state index in [9.17, 15) is 9.90 Å². The number of morpholine rings is 1. The first-order chi connectivity index (χ1) is 14.6. The summed E-state index contributed by atoms with van der Waals surface area (Å²) >= 11 is 0. The van der Waals surface area contributed by atoms with E-state index in [4.69, 9.17) is 9.72 Å². The number of benzene rings is 1. The number of ether oxygens (including phenoxy) is 1. The highest BCUT2D eigenvalue weighted by atomic mass is 16.5. The van der Waals surface area contributed by atoms with Crippen molar-refractivity contribution in [2.45, 2.75) is 6.92 Å². The summed E-state index contributed by atoms with van der Waals surface area (Å²) in [5, 5.41) is 18.5. The minimum Gasteiger partial charge on any atom is -0.476 e. The average Bonchev–Trinajstić information content (AvgIpc) is 3.39. The van der Waals surface area contributed by atoms with Crippen LogP contribution in [0.4, 0.5) is 5.69 Å². The number of rotatable bonds is 4. The second-order valence-corrected chi connectivity index (χ2v) is 7.17. The Kier molecular flexibility index (Phi) is 4.44. The van der Waals surface area contributed by atoms with Crippen molar-refractivity contribution in [2.75, 3.05) is 31.2 Å². The molecule has 1 aliphatic rings. The van der Waals surface area contributed by atoms with E-state index in [0.717, 1.165) is 16.8 Å². The van der Waals surface area contributed by atoms with Crippen LogP contribution >= 0.6 is 0 Å². The molecule has 5 rings (SSSR count). The maximum Gasteiger partial charge on any atom is 0.358 e. The number of carboxylic acid groups (broad SMARTS) is 1. The van der Waals surface area contributed by atoms with Crippen molar-refractivity contribution in [3.63, 3.8) is 0 Å². The molecule has 0 unspecified atom stereocenters. The Hall–Kier alpha value is -3.72. The van der Waals surface area contributed by atoms with Gasteiger partial charge in [0.15, 0.2) is 17.2 Å². The lowest BCUT2D eigenvalue weighted by Crippen LogP contribution is -2.37. The highest BCUT2D eigenvalue weighted by molar-refractivity contribution is 5.97. The van der Waals surface area contributed by atoms with Gasteiger partial charge in [0.1, 0.15) is 5.69 Å². The van der Waals surface area contributed by atoms with Crippen LogP contribution in [0.15, 0.2) is 48.8 Å². The Labute approximate surface area is 172 Å². The van der Waals surface area contributed by atoms with Crippen LogP contribution < -0.4 is 4.90 Å². The van der Waals surface area contributed by atoms with Gasteiger partial charge >= 0.3 is 5.97 Å². The van der Waals surface area contributed by atoms with Crippen LogP contribution in [0.2, 0.25) is 0 Å². The Morgan fingerprint density at radius 2 is 1.93 bits per heavy atom. The molecule has 1 aliphatic heterocycles. The smallest absolute Gasteiger partial charge is 0.358 e. The zero-order valence-electron chi connectivity index (χ0n) is 16.4. The van der Waals surface area contributed by atoms with Crippen LogP contribution in [0.25, 0.3) is 22.7 Å². The molecule has 0 aliphatic carbocycles. The monoisotopic (exact) mass is 404 g/mol. The van der Waals surface area contributed by atoms with Crippen LogP contribution in [-0.4, -0.2) is 61.8 Å². The number of aromatic carboxylic acids is 1. The number of hydrogen-bond donors (Lipinski definition) is 1. The van der Waals surface area contributed by atoms with Crippen molar-refractivity contribution in [1.29, 1.82) is 0 Å². The second kappa shape index (κ2) is 7.27. The van der Waals surface area contributed by atoms with Crippen molar-refractivity contribution < 1.29 is 14.6 Å². The summed E-state index contributed by atoms with van der Waals surface area (Å²) in [6.07, 6.45) is 3.56. The first-order valence-corrected chi connectivity index (χ1v) is 9.68. The van der Waals surface area contributed by atoms with E-state index >= 15 is 0 Å². The van der Waals surface area contributed by atoms with E-state index in [2.05, 4.69) is 16.3 Å². The molecule has 1 fully saturated rings. The van der Waals surface area contributed by atoms with Crippen molar-refractivity contribution in [1.82, 2.24) is 24.4 Å². The third-order valence-corrected chi connectivity index (χ3v) is 5.11. The minimum atomic E-state index is -1.08. The highest BCUT2D eigenvalue weighted by Gasteiger charge is 2.26. The molecule has 9 heteroatoms. The molecule has 3 aromatic heterocycles. The van der Waals surface area contributed by atoms with Gasteiger partial charge in [-0.25, -0.2) is 19.0 Å². The maximum absolute atomic E-state index is 11.8. The molecule has 0 amide bonds. The van der Waals surface area contributed by atoms with E-state index in [1.54, 1.807) is 16.9 Å². The quantitative estimate of drug-likeness (QED) is 0.558. The molecular weight excluding hydrogens is 384 g/mol. The second-order valence-electron chi connectivity index (χ2n) is 7.17. The molecule has 0 atom stereocenters. The maximum atomic E-state index is 11.8. The fraction of sp³-hybridized carbons (Fsp3) is 0.238. The zero-order valence-corrected chi connectivity index (χ0v) is 16.4. The molecule has 152 valence electrons. The minimum absolute atomic E-state index is 0.0116. The number of carboxylic acids is 1. The third kappa shape index (κ3) is 3.18. The predicted molar refractivity (Wildman–Crippen MR) is 110 cm³/mol. The number of nitrogens with zero attached hydrogens (tertiary/aromatic N) is 6. The van der Waals surface area contributed by atoms with Crippen LogP contribution in [0.3, 0.4) is 0 Å². The highest BCUT2D eigenvalue weighted by Crippen LogP contribution is 2.27. The summed E-state index contributed by atoms with van der Waals surface area (Å²) in [5.41, 5.74) is 4.02. The third-order valence-electron chi connectivity index (χ3n) is 5.11. The molecule has 1 N–H and O–H groups in total. The van der Waals surface area contributed by atoms with Gasteiger partial charge in [0.05, 0.1) is 18.9 Å². The van der Waals surface area contributed by atoms with Gasteiger partial charge in [-0.15, -0.1) is 0 Å². The first-order valence-electron chi connectivity index (χ1n) is 9.68. The van der Waals surface area contributed by atoms with Gasteiger partial charge in [0.2, 0.25) is 0 Å². The lowest BCUT2D eigenvalue weighted by Gasteiger charge is -2.28. The van der Waals surface area contributed by atoms with Crippen LogP contribution in [0, 0.1) is 6.92 Å². The number of anilines is 1. The molecule has 1 aromatic carbocycles. The molecule has 4 heterocycles. The standard InChI is InChI=1S/C21H20N6O3/c1-14-3-2-4-15(13-14)16-5-7-26(23-16)17-6-8-27-20(22-17)19(18(24-27)21(28)29)25-9-11-30-12-10-25/h2-8,13H,9-12H2,1H3,(H,28,29). The van der Waals surface area contributed by atoms with E-state index in [0.29, 0.717) is 43.5 Å². The van der Waals surface area contributed by atoms with Gasteiger partial charge in [0, 0.05) is 37.1 Å². The van der Waals surface area contributed by atoms with Crippen molar-refractivity contribution in [3.05, 3.63) is 60.0 Å². The molecular formula is C21H20N6O3. The molecule has 1 saturated heterocycles. The number of hydrogen-bond acceptors (Lipinski definition) is 6. The van der Waals surface area contributed by atoms with Crippen LogP contribution in [0.5, 0.6) is 0 Å². The SMILES string of the molecule is Cc1cccc(-c2ccn(-c3ccn4nc(C(=O)O)c(N5CCOCC5)c4n3)n2)c1. The number of aryl methyl sites for hydroxylation is 1. The normalized spacial score (nSPS) is 14.4. The van der Waals surface area contributed by atoms with Gasteiger partial charge in [0.25, 0.3) is 0 Å². The Bertz CT molecular complexity index is 1240. The number of carbonyl (C=O) groups is 1. The topological polar surface area (TPSA) is 97.8 Å². The fourth-order valence-electron chi connectivity index (χ4n) is 3.67. The van der Waals surface area contributed by atoms with E-state index in [-0.39, 0.29) is 5.69 Å². The van der Waals surface area contributed by atoms with Crippen molar-refractivity contribution in [3.8, 4) is 17.1 Å². The van der Waals surface area contributed by atoms with Crippen LogP contribution in [0.1, 0.15) is 16.1 Å². The summed E-state index contributed by atoms with van der Waals surface area (Å²) in [6.45, 7) is 4.30. The van der Waals surface area contributed by atoms with Gasteiger partial charge in [-0.1, -0.05) is 23.8 Å². The van der Waals surface area contributed by atoms with Crippen molar-refractivity contribution >= 4 is 17.3 Å². The molecule has 0 spiro atoms. The summed E-state index contributed by atoms with van der Waals surface area (Å²) in [4.78, 5) is 18.5. The largest absolute Gasteiger partial charge is 0.476 e. The average molecular weight is 404 g/mol. The number of aromatic nitrogens is 5. The van der Waals surface area contributed by atoms with Gasteiger partial charge in [-0.05, 0) is 19.1 Å². The van der Waals surface area contributed by atoms with Crippen molar-refractivity contribution in [2.24, 2.45) is 0 Å². The molecule has 0 radical (unpaired) electrons. The van der Waals surface area contributed by atoms with Crippen LogP contribution in [-0.2, 0) is 4.74 Å². The summed E-state index contributed by atoms with van der Waals surface area (Å²) in [6, 6.07) is 11.8. The van der Waals surface area contributed by atoms with Gasteiger partial charge in [-0.3, -0.25) is 0 Å². The summed E-state index contributed by atoms with van der Waals surface area (Å²) in [7, 11) is 0. The summed E-state index contributed by atoms with van der Waals surface area (Å²) < 4.78 is 8.60. The fourth-order valence-corrected chi connectivity index (χ4v) is 3.67. The van der Waals surface area contributed by atoms with Gasteiger partial charge in [-0.2, -0.15) is 10.2 Å². The molecule has 4 aromatic rings. The molecule has 0 saturated carbocycles. The molecule has 30 heavy (non-hydrogen) atoms. The zero-order chi connectivity index (χ0) is 20.7. The van der Waals surface area contributed by atoms with E-state index in [1.807, 2.05) is 42.3 Å².